The van der Waals surface area contributed by atoms with Crippen LogP contribution in [-0.4, -0.2) is 28.9 Å². The lowest BCUT2D eigenvalue weighted by Crippen LogP contribution is -2.33. The molecule has 0 saturated carbocycles. The van der Waals surface area contributed by atoms with Gasteiger partial charge in [0.25, 0.3) is 0 Å². The van der Waals surface area contributed by atoms with Gasteiger partial charge in [-0.1, -0.05) is 6.07 Å². The molecule has 1 amide bonds. The van der Waals surface area contributed by atoms with Gasteiger partial charge >= 0.3 is 0 Å². The summed E-state index contributed by atoms with van der Waals surface area (Å²) in [5, 5.41) is 0. The summed E-state index contributed by atoms with van der Waals surface area (Å²) in [7, 11) is 0. The van der Waals surface area contributed by atoms with Gasteiger partial charge in [-0.3, -0.25) is 14.7 Å². The molecule has 1 saturated heterocycles. The normalized spacial score (nSPS) is 21.7. The summed E-state index contributed by atoms with van der Waals surface area (Å²) in [4.78, 5) is 17.1. The van der Waals surface area contributed by atoms with E-state index in [4.69, 9.17) is 5.73 Å². The highest BCUT2D eigenvalue weighted by Gasteiger charge is 2.26. The Balaban J connectivity index is 2.11. The Kier molecular flexibility index (Phi) is 2.97. The number of aromatic nitrogens is 1. The second-order valence-corrected chi connectivity index (χ2v) is 3.88. The van der Waals surface area contributed by atoms with Crippen molar-refractivity contribution in [2.45, 2.75) is 18.9 Å². The van der Waals surface area contributed by atoms with Crippen LogP contribution in [0.15, 0.2) is 24.5 Å². The monoisotopic (exact) mass is 205 g/mol. The zero-order valence-electron chi connectivity index (χ0n) is 8.60. The first kappa shape index (κ1) is 10.1. The number of carbonyl (C=O) groups excluding carboxylic acids is 1. The molecular formula is C11H15N3O. The molecule has 1 aliphatic rings. The van der Waals surface area contributed by atoms with Crippen LogP contribution in [0.1, 0.15) is 24.4 Å². The second kappa shape index (κ2) is 4.40. The summed E-state index contributed by atoms with van der Waals surface area (Å²) in [5.41, 5.74) is 6.39. The second-order valence-electron chi connectivity index (χ2n) is 3.88. The SMILES string of the molecule is NC(=O)CN1CCCC1c1cccnc1. The van der Waals surface area contributed by atoms with Gasteiger partial charge in [-0.05, 0) is 31.0 Å². The first-order chi connectivity index (χ1) is 7.27. The van der Waals surface area contributed by atoms with Gasteiger partial charge in [0.2, 0.25) is 5.91 Å². The Labute approximate surface area is 89.1 Å². The van der Waals surface area contributed by atoms with Crippen LogP contribution in [0.25, 0.3) is 0 Å². The summed E-state index contributed by atoms with van der Waals surface area (Å²) in [6.07, 6.45) is 5.83. The maximum atomic E-state index is 10.9. The lowest BCUT2D eigenvalue weighted by Gasteiger charge is -2.22. The van der Waals surface area contributed by atoms with Crippen molar-refractivity contribution in [2.24, 2.45) is 5.73 Å². The van der Waals surface area contributed by atoms with E-state index in [9.17, 15) is 4.79 Å². The van der Waals surface area contributed by atoms with E-state index >= 15 is 0 Å². The van der Waals surface area contributed by atoms with Crippen molar-refractivity contribution >= 4 is 5.91 Å². The van der Waals surface area contributed by atoms with Crippen LogP contribution in [0.4, 0.5) is 0 Å². The zero-order valence-corrected chi connectivity index (χ0v) is 8.60. The molecule has 15 heavy (non-hydrogen) atoms. The smallest absolute Gasteiger partial charge is 0.231 e. The lowest BCUT2D eigenvalue weighted by atomic mass is 10.1. The van der Waals surface area contributed by atoms with Crippen molar-refractivity contribution < 1.29 is 4.79 Å². The third-order valence-electron chi connectivity index (χ3n) is 2.79. The van der Waals surface area contributed by atoms with E-state index in [1.54, 1.807) is 6.20 Å². The summed E-state index contributed by atoms with van der Waals surface area (Å²) >= 11 is 0. The van der Waals surface area contributed by atoms with Gasteiger partial charge in [0.05, 0.1) is 6.54 Å². The van der Waals surface area contributed by atoms with Gasteiger partial charge in [0, 0.05) is 18.4 Å². The van der Waals surface area contributed by atoms with Crippen molar-refractivity contribution in [3.05, 3.63) is 30.1 Å². The number of amides is 1. The molecule has 2 rings (SSSR count). The largest absolute Gasteiger partial charge is 0.369 e. The number of rotatable bonds is 3. The molecule has 80 valence electrons. The molecular weight excluding hydrogens is 190 g/mol. The van der Waals surface area contributed by atoms with E-state index < -0.39 is 0 Å². The van der Waals surface area contributed by atoms with Crippen molar-refractivity contribution in [1.82, 2.24) is 9.88 Å². The van der Waals surface area contributed by atoms with E-state index in [1.165, 1.54) is 5.56 Å². The summed E-state index contributed by atoms with van der Waals surface area (Å²) < 4.78 is 0. The van der Waals surface area contributed by atoms with Crippen molar-refractivity contribution in [3.8, 4) is 0 Å². The van der Waals surface area contributed by atoms with E-state index in [0.717, 1.165) is 19.4 Å². The Morgan fingerprint density at radius 3 is 3.20 bits per heavy atom. The highest BCUT2D eigenvalue weighted by atomic mass is 16.1. The molecule has 1 aliphatic heterocycles. The average Bonchev–Trinajstić information content (AvgIpc) is 2.66. The molecule has 0 radical (unpaired) electrons. The summed E-state index contributed by atoms with van der Waals surface area (Å²) in [5.74, 6) is -0.259. The van der Waals surface area contributed by atoms with Crippen molar-refractivity contribution in [1.29, 1.82) is 0 Å². The van der Waals surface area contributed by atoms with Crippen LogP contribution >= 0.6 is 0 Å². The molecule has 4 nitrogen and oxygen atoms in total. The lowest BCUT2D eigenvalue weighted by molar-refractivity contribution is -0.119. The van der Waals surface area contributed by atoms with Gasteiger partial charge in [-0.25, -0.2) is 0 Å². The fraction of sp³-hybridized carbons (Fsp3) is 0.455. The zero-order chi connectivity index (χ0) is 10.7. The van der Waals surface area contributed by atoms with Crippen LogP contribution < -0.4 is 5.73 Å². The standard InChI is InChI=1S/C11H15N3O/c12-11(15)8-14-6-2-4-10(14)9-3-1-5-13-7-9/h1,3,5,7,10H,2,4,6,8H2,(H2,12,15). The number of carbonyl (C=O) groups is 1. The quantitative estimate of drug-likeness (QED) is 0.790. The molecule has 1 unspecified atom stereocenters. The molecule has 1 aromatic heterocycles. The van der Waals surface area contributed by atoms with Crippen LogP contribution in [-0.2, 0) is 4.79 Å². The van der Waals surface area contributed by atoms with Crippen LogP contribution in [0, 0.1) is 0 Å². The van der Waals surface area contributed by atoms with Crippen LogP contribution in [0.5, 0.6) is 0 Å². The minimum absolute atomic E-state index is 0.259. The average molecular weight is 205 g/mol. The summed E-state index contributed by atoms with van der Waals surface area (Å²) in [6, 6.07) is 4.29. The van der Waals surface area contributed by atoms with Crippen molar-refractivity contribution in [3.63, 3.8) is 0 Å². The van der Waals surface area contributed by atoms with Crippen LogP contribution in [0.3, 0.4) is 0 Å². The first-order valence-electron chi connectivity index (χ1n) is 5.19. The van der Waals surface area contributed by atoms with Gasteiger partial charge in [-0.15, -0.1) is 0 Å². The minimum Gasteiger partial charge on any atom is -0.369 e. The number of hydrogen-bond acceptors (Lipinski definition) is 3. The predicted octanol–water partition coefficient (Wildman–Crippen LogP) is 0.704. The maximum Gasteiger partial charge on any atom is 0.231 e. The van der Waals surface area contributed by atoms with Gasteiger partial charge in [0.15, 0.2) is 0 Å². The molecule has 1 atom stereocenters. The van der Waals surface area contributed by atoms with Crippen LogP contribution in [0.2, 0.25) is 0 Å². The molecule has 1 aromatic rings. The molecule has 0 aromatic carbocycles. The first-order valence-corrected chi connectivity index (χ1v) is 5.19. The topological polar surface area (TPSA) is 59.2 Å². The number of nitrogens with zero attached hydrogens (tertiary/aromatic N) is 2. The Hall–Kier alpha value is -1.42. The fourth-order valence-corrected chi connectivity index (χ4v) is 2.17. The minimum atomic E-state index is -0.259. The Bertz CT molecular complexity index is 339. The number of pyridine rings is 1. The van der Waals surface area contributed by atoms with E-state index in [1.807, 2.05) is 12.3 Å². The third-order valence-corrected chi connectivity index (χ3v) is 2.79. The van der Waals surface area contributed by atoms with E-state index in [-0.39, 0.29) is 5.91 Å². The van der Waals surface area contributed by atoms with E-state index in [0.29, 0.717) is 12.6 Å². The third kappa shape index (κ3) is 2.33. The molecule has 0 bridgehead atoms. The molecule has 2 heterocycles. The molecule has 4 heteroatoms. The number of likely N-dealkylation sites (tertiary alicyclic amines) is 1. The Morgan fingerprint density at radius 2 is 2.53 bits per heavy atom. The highest BCUT2D eigenvalue weighted by Crippen LogP contribution is 2.30. The number of hydrogen-bond donors (Lipinski definition) is 1. The maximum absolute atomic E-state index is 10.9. The van der Waals surface area contributed by atoms with Gasteiger partial charge in [0.1, 0.15) is 0 Å². The van der Waals surface area contributed by atoms with Crippen molar-refractivity contribution in [2.75, 3.05) is 13.1 Å². The van der Waals surface area contributed by atoms with Gasteiger partial charge in [-0.2, -0.15) is 0 Å². The molecule has 0 spiro atoms. The number of primary amides is 1. The van der Waals surface area contributed by atoms with Gasteiger partial charge < -0.3 is 5.73 Å². The molecule has 1 fully saturated rings. The van der Waals surface area contributed by atoms with E-state index in [2.05, 4.69) is 16.0 Å². The molecule has 0 aliphatic carbocycles. The molecule has 2 N–H and O–H groups in total. The number of nitrogens with two attached hydrogens (primary N) is 1. The Morgan fingerprint density at radius 1 is 1.67 bits per heavy atom. The highest BCUT2D eigenvalue weighted by molar-refractivity contribution is 5.76. The fourth-order valence-electron chi connectivity index (χ4n) is 2.17. The summed E-state index contributed by atoms with van der Waals surface area (Å²) in [6.45, 7) is 1.29. The predicted molar refractivity (Wildman–Crippen MR) is 57.0 cm³/mol.